The Labute approximate surface area is 149 Å². The molecular formula is C15H18FN4Y+2. The van der Waals surface area contributed by atoms with Gasteiger partial charge in [0.05, 0.1) is 6.04 Å². The largest absolute Gasteiger partial charge is 3.00 e. The Morgan fingerprint density at radius 2 is 1.71 bits per heavy atom. The van der Waals surface area contributed by atoms with Crippen LogP contribution in [0.1, 0.15) is 44.0 Å². The first-order valence-electron chi connectivity index (χ1n) is 6.51. The Morgan fingerprint density at radius 3 is 2.29 bits per heavy atom. The van der Waals surface area contributed by atoms with E-state index < -0.39 is 0 Å². The SMILES string of the molecule is Cc1nc(NC(C)c2ccc(F)cc2)nc([C-](C)C)n1.[Y+3]. The molecule has 2 rings (SSSR count). The molecule has 0 fully saturated rings. The molecule has 0 saturated carbocycles. The smallest absolute Gasteiger partial charge is 0.348 e. The fraction of sp³-hybridized carbons (Fsp3) is 0.333. The maximum Gasteiger partial charge on any atom is 3.00 e. The number of aromatic nitrogens is 3. The van der Waals surface area contributed by atoms with Crippen molar-refractivity contribution in [3.63, 3.8) is 0 Å². The minimum atomic E-state index is -0.240. The predicted octanol–water partition coefficient (Wildman–Crippen LogP) is 3.45. The van der Waals surface area contributed by atoms with E-state index >= 15 is 0 Å². The number of hydrogen-bond acceptors (Lipinski definition) is 4. The third-order valence-electron chi connectivity index (χ3n) is 2.91. The molecule has 106 valence electrons. The summed E-state index contributed by atoms with van der Waals surface area (Å²) in [5, 5.41) is 3.22. The molecule has 1 heterocycles. The Hall–Kier alpha value is -1.07. The van der Waals surface area contributed by atoms with Crippen LogP contribution in [0.15, 0.2) is 24.3 Å². The van der Waals surface area contributed by atoms with Gasteiger partial charge in [-0.2, -0.15) is 18.8 Å². The van der Waals surface area contributed by atoms with E-state index in [-0.39, 0.29) is 44.6 Å². The second kappa shape index (κ2) is 7.80. The van der Waals surface area contributed by atoms with Gasteiger partial charge < -0.3 is 11.2 Å². The van der Waals surface area contributed by atoms with E-state index in [9.17, 15) is 4.39 Å². The summed E-state index contributed by atoms with van der Waals surface area (Å²) in [5.74, 6) is 2.69. The average molecular weight is 362 g/mol. The van der Waals surface area contributed by atoms with E-state index in [0.717, 1.165) is 11.5 Å². The van der Waals surface area contributed by atoms with Gasteiger partial charge in [0.1, 0.15) is 11.6 Å². The van der Waals surface area contributed by atoms with E-state index in [0.29, 0.717) is 17.6 Å². The molecule has 1 aromatic heterocycles. The van der Waals surface area contributed by atoms with Crippen LogP contribution in [-0.4, -0.2) is 15.0 Å². The molecule has 21 heavy (non-hydrogen) atoms. The van der Waals surface area contributed by atoms with Gasteiger partial charge >= 0.3 is 32.7 Å². The molecule has 6 heteroatoms. The number of nitrogens with zero attached hydrogens (tertiary/aromatic N) is 3. The van der Waals surface area contributed by atoms with Crippen LogP contribution in [-0.2, 0) is 32.7 Å². The van der Waals surface area contributed by atoms with Crippen molar-refractivity contribution in [3.8, 4) is 0 Å². The number of halogens is 1. The number of aryl methyl sites for hydroxylation is 1. The first-order valence-corrected chi connectivity index (χ1v) is 6.51. The number of benzene rings is 1. The Balaban J connectivity index is 0.00000220. The van der Waals surface area contributed by atoms with E-state index in [1.807, 2.05) is 27.7 Å². The van der Waals surface area contributed by atoms with E-state index in [2.05, 4.69) is 20.3 Å². The summed E-state index contributed by atoms with van der Waals surface area (Å²) in [6.07, 6.45) is 0. The molecule has 4 nitrogen and oxygen atoms in total. The van der Waals surface area contributed by atoms with Crippen LogP contribution in [0.2, 0.25) is 0 Å². The van der Waals surface area contributed by atoms with Gasteiger partial charge in [-0.3, -0.25) is 4.98 Å². The summed E-state index contributed by atoms with van der Waals surface area (Å²) < 4.78 is 12.9. The molecule has 0 aliphatic heterocycles. The van der Waals surface area contributed by atoms with E-state index in [4.69, 9.17) is 0 Å². The Bertz CT molecular complexity index is 587. The Kier molecular flexibility index (Phi) is 6.68. The maximum atomic E-state index is 12.9. The number of anilines is 1. The van der Waals surface area contributed by atoms with Crippen LogP contribution in [0, 0.1) is 18.7 Å². The standard InChI is InChI=1S/C15H18FN4.Y/c1-9(2)14-18-11(4)19-15(20-14)17-10(3)12-5-7-13(16)8-6-12;/h5-8,10H,1-4H3,(H,17,18,19,20);/q-1;+3. The van der Waals surface area contributed by atoms with Gasteiger partial charge in [-0.05, 0) is 31.5 Å². The molecule has 0 bridgehead atoms. The average Bonchev–Trinajstić information content (AvgIpc) is 2.38. The van der Waals surface area contributed by atoms with Crippen LogP contribution in [0.3, 0.4) is 0 Å². The summed E-state index contributed by atoms with van der Waals surface area (Å²) in [4.78, 5) is 12.9. The van der Waals surface area contributed by atoms with Crippen molar-refractivity contribution >= 4 is 5.95 Å². The molecule has 1 unspecified atom stereocenters. The molecule has 0 spiro atoms. The molecule has 0 aliphatic carbocycles. The second-order valence-corrected chi connectivity index (χ2v) is 4.95. The van der Waals surface area contributed by atoms with E-state index in [1.165, 1.54) is 12.1 Å². The third kappa shape index (κ3) is 5.01. The number of rotatable bonds is 4. The first kappa shape index (κ1) is 18.0. The molecule has 0 amide bonds. The quantitative estimate of drug-likeness (QED) is 0.847. The zero-order valence-corrected chi connectivity index (χ0v) is 15.5. The second-order valence-electron chi connectivity index (χ2n) is 4.95. The predicted molar refractivity (Wildman–Crippen MR) is 76.7 cm³/mol. The summed E-state index contributed by atoms with van der Waals surface area (Å²) in [5.41, 5.74) is 0.975. The molecule has 0 saturated heterocycles. The zero-order valence-electron chi connectivity index (χ0n) is 12.7. The van der Waals surface area contributed by atoms with Crippen molar-refractivity contribution in [1.29, 1.82) is 0 Å². The number of nitrogens with one attached hydrogen (secondary N) is 1. The van der Waals surface area contributed by atoms with Crippen molar-refractivity contribution in [2.24, 2.45) is 0 Å². The summed E-state index contributed by atoms with van der Waals surface area (Å²) >= 11 is 0. The van der Waals surface area contributed by atoms with Crippen molar-refractivity contribution in [1.82, 2.24) is 15.0 Å². The van der Waals surface area contributed by atoms with Crippen molar-refractivity contribution in [3.05, 3.63) is 53.2 Å². The van der Waals surface area contributed by atoms with Crippen LogP contribution in [0.5, 0.6) is 0 Å². The van der Waals surface area contributed by atoms with Crippen molar-refractivity contribution in [2.75, 3.05) is 5.32 Å². The molecule has 1 aromatic carbocycles. The van der Waals surface area contributed by atoms with Gasteiger partial charge in [0.2, 0.25) is 5.95 Å². The summed E-state index contributed by atoms with van der Waals surface area (Å²) in [7, 11) is 0. The fourth-order valence-corrected chi connectivity index (χ4v) is 1.80. The normalized spacial score (nSPS) is 11.5. The summed E-state index contributed by atoms with van der Waals surface area (Å²) in [6.45, 7) is 7.74. The minimum Gasteiger partial charge on any atom is -0.348 e. The first-order chi connectivity index (χ1) is 9.45. The maximum absolute atomic E-state index is 12.9. The van der Waals surface area contributed by atoms with Crippen LogP contribution in [0.25, 0.3) is 0 Å². The molecule has 0 radical (unpaired) electrons. The number of hydrogen-bond donors (Lipinski definition) is 1. The molecule has 2 aromatic rings. The fourth-order valence-electron chi connectivity index (χ4n) is 1.80. The van der Waals surface area contributed by atoms with Gasteiger partial charge in [0.15, 0.2) is 0 Å². The van der Waals surface area contributed by atoms with Gasteiger partial charge in [-0.15, -0.1) is 0 Å². The zero-order chi connectivity index (χ0) is 14.7. The van der Waals surface area contributed by atoms with Crippen LogP contribution in [0.4, 0.5) is 10.3 Å². The van der Waals surface area contributed by atoms with Gasteiger partial charge in [-0.1, -0.05) is 12.1 Å². The summed E-state index contributed by atoms with van der Waals surface area (Å²) in [6, 6.07) is 6.38. The molecule has 1 atom stereocenters. The molecular weight excluding hydrogens is 344 g/mol. The van der Waals surface area contributed by atoms with Crippen LogP contribution < -0.4 is 5.32 Å². The molecule has 0 aliphatic rings. The third-order valence-corrected chi connectivity index (χ3v) is 2.91. The molecule has 1 N–H and O–H groups in total. The topological polar surface area (TPSA) is 50.7 Å². The monoisotopic (exact) mass is 362 g/mol. The van der Waals surface area contributed by atoms with Gasteiger partial charge in [0.25, 0.3) is 0 Å². The van der Waals surface area contributed by atoms with Crippen LogP contribution >= 0.6 is 0 Å². The minimum absolute atomic E-state index is 0. The van der Waals surface area contributed by atoms with Crippen molar-refractivity contribution < 1.29 is 37.1 Å². The van der Waals surface area contributed by atoms with Gasteiger partial charge in [-0.25, -0.2) is 9.37 Å². The van der Waals surface area contributed by atoms with Crippen molar-refractivity contribution in [2.45, 2.75) is 33.7 Å². The van der Waals surface area contributed by atoms with E-state index in [1.54, 1.807) is 12.1 Å². The van der Waals surface area contributed by atoms with Gasteiger partial charge in [0, 0.05) is 5.82 Å². The Morgan fingerprint density at radius 1 is 1.10 bits per heavy atom.